The maximum atomic E-state index is 12.0. The molecule has 1 aliphatic heterocycles. The Morgan fingerprint density at radius 2 is 1.68 bits per heavy atom. The molecule has 5 heteroatoms. The second kappa shape index (κ2) is 9.60. The summed E-state index contributed by atoms with van der Waals surface area (Å²) in [6, 6.07) is 15.8. The normalized spacial score (nSPS) is 16.9. The van der Waals surface area contributed by atoms with Crippen molar-refractivity contribution in [2.45, 2.75) is 33.2 Å². The van der Waals surface area contributed by atoms with Crippen LogP contribution in [0.5, 0.6) is 17.2 Å². The quantitative estimate of drug-likeness (QED) is 0.749. The molecule has 1 unspecified atom stereocenters. The molecule has 0 radical (unpaired) electrons. The van der Waals surface area contributed by atoms with Crippen LogP contribution in [0.15, 0.2) is 48.5 Å². The Hall–Kier alpha value is -2.53. The molecular formula is C23H30N2O3. The predicted molar refractivity (Wildman–Crippen MR) is 111 cm³/mol. The summed E-state index contributed by atoms with van der Waals surface area (Å²) in [4.78, 5) is 14.5. The van der Waals surface area contributed by atoms with Crippen molar-refractivity contribution in [2.24, 2.45) is 5.92 Å². The maximum Gasteiger partial charge on any atom is 0.257 e. The summed E-state index contributed by atoms with van der Waals surface area (Å²) in [5.74, 6) is 2.63. The standard InChI is InChI=1S/C23H30N2O3/c1-17(2)25-13-12-19(15-25)14-24-23(26)16-27-20-8-10-22(11-9-20)28-21-6-4-18(3)5-7-21/h4-11,17,19H,12-16H2,1-3H3,(H,24,26). The zero-order chi connectivity index (χ0) is 19.9. The first kappa shape index (κ1) is 20.2. The van der Waals surface area contributed by atoms with Crippen LogP contribution in [-0.4, -0.2) is 43.1 Å². The molecule has 0 bridgehead atoms. The fraction of sp³-hybridized carbons (Fsp3) is 0.435. The highest BCUT2D eigenvalue weighted by molar-refractivity contribution is 5.77. The first-order chi connectivity index (χ1) is 13.5. The minimum atomic E-state index is -0.0806. The fourth-order valence-electron chi connectivity index (χ4n) is 3.30. The van der Waals surface area contributed by atoms with E-state index in [1.54, 1.807) is 0 Å². The lowest BCUT2D eigenvalue weighted by Gasteiger charge is -2.20. The summed E-state index contributed by atoms with van der Waals surface area (Å²) in [6.07, 6.45) is 1.14. The lowest BCUT2D eigenvalue weighted by molar-refractivity contribution is -0.123. The van der Waals surface area contributed by atoms with Crippen molar-refractivity contribution in [3.63, 3.8) is 0 Å². The van der Waals surface area contributed by atoms with Gasteiger partial charge in [0.1, 0.15) is 17.2 Å². The van der Waals surface area contributed by atoms with E-state index in [4.69, 9.17) is 9.47 Å². The van der Waals surface area contributed by atoms with Crippen LogP contribution in [0.4, 0.5) is 0 Å². The van der Waals surface area contributed by atoms with Crippen LogP contribution in [0.1, 0.15) is 25.8 Å². The highest BCUT2D eigenvalue weighted by Crippen LogP contribution is 2.24. The van der Waals surface area contributed by atoms with Gasteiger partial charge in [0.05, 0.1) is 0 Å². The third-order valence-corrected chi connectivity index (χ3v) is 5.09. The molecule has 2 aromatic rings. The highest BCUT2D eigenvalue weighted by atomic mass is 16.5. The van der Waals surface area contributed by atoms with Crippen molar-refractivity contribution in [3.8, 4) is 17.2 Å². The lowest BCUT2D eigenvalue weighted by Crippen LogP contribution is -2.35. The van der Waals surface area contributed by atoms with Crippen molar-refractivity contribution < 1.29 is 14.3 Å². The largest absolute Gasteiger partial charge is 0.484 e. The third kappa shape index (κ3) is 5.99. The smallest absolute Gasteiger partial charge is 0.257 e. The fourth-order valence-corrected chi connectivity index (χ4v) is 3.30. The highest BCUT2D eigenvalue weighted by Gasteiger charge is 2.24. The molecule has 1 aliphatic rings. The molecule has 1 amide bonds. The average molecular weight is 383 g/mol. The van der Waals surface area contributed by atoms with Crippen molar-refractivity contribution >= 4 is 5.91 Å². The number of nitrogens with one attached hydrogen (secondary N) is 1. The van der Waals surface area contributed by atoms with Crippen molar-refractivity contribution in [1.29, 1.82) is 0 Å². The Labute approximate surface area is 167 Å². The molecule has 0 aliphatic carbocycles. The monoisotopic (exact) mass is 382 g/mol. The molecule has 1 fully saturated rings. The molecule has 1 heterocycles. The van der Waals surface area contributed by atoms with Gasteiger partial charge in [-0.1, -0.05) is 17.7 Å². The van der Waals surface area contributed by atoms with E-state index in [1.165, 1.54) is 5.56 Å². The summed E-state index contributed by atoms with van der Waals surface area (Å²) >= 11 is 0. The number of likely N-dealkylation sites (tertiary alicyclic amines) is 1. The van der Waals surface area contributed by atoms with E-state index in [0.29, 0.717) is 17.7 Å². The van der Waals surface area contributed by atoms with E-state index in [0.717, 1.165) is 37.6 Å². The van der Waals surface area contributed by atoms with Crippen LogP contribution in [0.3, 0.4) is 0 Å². The van der Waals surface area contributed by atoms with Gasteiger partial charge in [-0.05, 0) is 76.1 Å². The lowest BCUT2D eigenvalue weighted by atomic mass is 10.1. The number of hydrogen-bond acceptors (Lipinski definition) is 4. The number of carbonyl (C=O) groups excluding carboxylic acids is 1. The number of hydrogen-bond donors (Lipinski definition) is 1. The molecule has 150 valence electrons. The van der Waals surface area contributed by atoms with E-state index >= 15 is 0 Å². The van der Waals surface area contributed by atoms with Crippen LogP contribution in [0.25, 0.3) is 0 Å². The Balaban J connectivity index is 1.38. The second-order valence-corrected chi connectivity index (χ2v) is 7.72. The van der Waals surface area contributed by atoms with Crippen LogP contribution in [0.2, 0.25) is 0 Å². The van der Waals surface area contributed by atoms with Crippen molar-refractivity contribution in [1.82, 2.24) is 10.2 Å². The summed E-state index contributed by atoms with van der Waals surface area (Å²) < 4.78 is 11.4. The summed E-state index contributed by atoms with van der Waals surface area (Å²) in [7, 11) is 0. The summed E-state index contributed by atoms with van der Waals surface area (Å²) in [6.45, 7) is 9.39. The van der Waals surface area contributed by atoms with Crippen LogP contribution >= 0.6 is 0 Å². The molecule has 0 saturated carbocycles. The number of carbonyl (C=O) groups is 1. The zero-order valence-electron chi connectivity index (χ0n) is 17.0. The van der Waals surface area contributed by atoms with E-state index in [9.17, 15) is 4.79 Å². The predicted octanol–water partition coefficient (Wildman–Crippen LogP) is 4.01. The van der Waals surface area contributed by atoms with Crippen LogP contribution in [-0.2, 0) is 4.79 Å². The maximum absolute atomic E-state index is 12.0. The third-order valence-electron chi connectivity index (χ3n) is 5.09. The van der Waals surface area contributed by atoms with Gasteiger partial charge < -0.3 is 19.7 Å². The second-order valence-electron chi connectivity index (χ2n) is 7.72. The number of aryl methyl sites for hydroxylation is 1. The van der Waals surface area contributed by atoms with Gasteiger partial charge in [-0.2, -0.15) is 0 Å². The molecule has 0 aromatic heterocycles. The average Bonchev–Trinajstić information content (AvgIpc) is 3.17. The first-order valence-corrected chi connectivity index (χ1v) is 9.98. The Kier molecular flexibility index (Phi) is 6.93. The number of rotatable bonds is 8. The van der Waals surface area contributed by atoms with Gasteiger partial charge in [0.15, 0.2) is 6.61 Å². The first-order valence-electron chi connectivity index (χ1n) is 9.98. The molecule has 28 heavy (non-hydrogen) atoms. The van der Waals surface area contributed by atoms with Crippen LogP contribution < -0.4 is 14.8 Å². The van der Waals surface area contributed by atoms with Gasteiger partial charge in [-0.3, -0.25) is 4.79 Å². The molecule has 1 atom stereocenters. The van der Waals surface area contributed by atoms with Crippen molar-refractivity contribution in [3.05, 3.63) is 54.1 Å². The molecule has 3 rings (SSSR count). The van der Waals surface area contributed by atoms with Gasteiger partial charge in [0.2, 0.25) is 0 Å². The van der Waals surface area contributed by atoms with Crippen LogP contribution in [0, 0.1) is 12.8 Å². The van der Waals surface area contributed by atoms with Gasteiger partial charge >= 0.3 is 0 Å². The van der Waals surface area contributed by atoms with E-state index in [-0.39, 0.29) is 12.5 Å². The minimum absolute atomic E-state index is 0.0266. The van der Waals surface area contributed by atoms with Gasteiger partial charge in [0, 0.05) is 19.1 Å². The molecule has 5 nitrogen and oxygen atoms in total. The van der Waals surface area contributed by atoms with E-state index in [1.807, 2.05) is 55.5 Å². The van der Waals surface area contributed by atoms with Gasteiger partial charge in [-0.15, -0.1) is 0 Å². The number of ether oxygens (including phenoxy) is 2. The number of benzene rings is 2. The number of amides is 1. The summed E-state index contributed by atoms with van der Waals surface area (Å²) in [5.41, 5.74) is 1.19. The topological polar surface area (TPSA) is 50.8 Å². The Bertz CT molecular complexity index is 756. The SMILES string of the molecule is Cc1ccc(Oc2ccc(OCC(=O)NCC3CCN(C(C)C)C3)cc2)cc1. The Morgan fingerprint density at radius 1 is 1.07 bits per heavy atom. The molecule has 1 saturated heterocycles. The van der Waals surface area contributed by atoms with Gasteiger partial charge in [-0.25, -0.2) is 0 Å². The molecule has 2 aromatic carbocycles. The summed E-state index contributed by atoms with van der Waals surface area (Å²) in [5, 5.41) is 2.99. The Morgan fingerprint density at radius 3 is 2.29 bits per heavy atom. The molecular weight excluding hydrogens is 352 g/mol. The van der Waals surface area contributed by atoms with E-state index < -0.39 is 0 Å². The van der Waals surface area contributed by atoms with E-state index in [2.05, 4.69) is 24.1 Å². The zero-order valence-corrected chi connectivity index (χ0v) is 17.0. The minimum Gasteiger partial charge on any atom is -0.484 e. The van der Waals surface area contributed by atoms with Crippen molar-refractivity contribution in [2.75, 3.05) is 26.2 Å². The molecule has 0 spiro atoms. The van der Waals surface area contributed by atoms with Gasteiger partial charge in [0.25, 0.3) is 5.91 Å². The molecule has 1 N–H and O–H groups in total. The number of nitrogens with zero attached hydrogens (tertiary/aromatic N) is 1.